The van der Waals surface area contributed by atoms with Crippen LogP contribution in [0.2, 0.25) is 0 Å². The lowest BCUT2D eigenvalue weighted by Crippen LogP contribution is -2.18. The molecule has 5 nitrogen and oxygen atoms in total. The van der Waals surface area contributed by atoms with Gasteiger partial charge in [0.15, 0.2) is 6.29 Å². The van der Waals surface area contributed by atoms with E-state index in [1.807, 2.05) is 6.92 Å². The molecule has 1 heterocycles. The minimum atomic E-state index is -1.12. The van der Waals surface area contributed by atoms with Crippen molar-refractivity contribution in [3.8, 4) is 6.07 Å². The van der Waals surface area contributed by atoms with Gasteiger partial charge >= 0.3 is 5.97 Å². The van der Waals surface area contributed by atoms with Crippen LogP contribution in [0.25, 0.3) is 0 Å². The van der Waals surface area contributed by atoms with E-state index in [4.69, 9.17) is 5.73 Å². The average Bonchev–Trinajstić information content (AvgIpc) is 3.20. The van der Waals surface area contributed by atoms with Gasteiger partial charge in [0.05, 0.1) is 21.9 Å². The van der Waals surface area contributed by atoms with Crippen molar-refractivity contribution in [3.05, 3.63) is 16.0 Å². The lowest BCUT2D eigenvalue weighted by atomic mass is 9.80. The van der Waals surface area contributed by atoms with Crippen LogP contribution in [-0.4, -0.2) is 17.4 Å². The number of carboxylic acids is 1. The highest BCUT2D eigenvalue weighted by Crippen LogP contribution is 2.48. The Morgan fingerprint density at radius 3 is 2.75 bits per heavy atom. The first-order chi connectivity index (χ1) is 9.42. The van der Waals surface area contributed by atoms with Gasteiger partial charge in [0.2, 0.25) is 0 Å². The van der Waals surface area contributed by atoms with Crippen molar-refractivity contribution in [2.45, 2.75) is 32.6 Å². The van der Waals surface area contributed by atoms with Crippen LogP contribution in [0.5, 0.6) is 0 Å². The van der Waals surface area contributed by atoms with Crippen LogP contribution in [-0.2, 0) is 6.42 Å². The first-order valence-corrected chi connectivity index (χ1v) is 7.25. The van der Waals surface area contributed by atoms with Crippen LogP contribution in [0.3, 0.4) is 0 Å². The van der Waals surface area contributed by atoms with Crippen molar-refractivity contribution >= 4 is 28.6 Å². The maximum Gasteiger partial charge on any atom is 0.338 e. The van der Waals surface area contributed by atoms with Crippen molar-refractivity contribution in [2.75, 3.05) is 5.73 Å². The summed E-state index contributed by atoms with van der Waals surface area (Å²) in [6.07, 6.45) is 3.67. The van der Waals surface area contributed by atoms with Crippen molar-refractivity contribution in [3.63, 3.8) is 0 Å². The molecule has 0 aliphatic heterocycles. The predicted octanol–water partition coefficient (Wildman–Crippen LogP) is 2.71. The molecule has 1 unspecified atom stereocenters. The molecule has 20 heavy (non-hydrogen) atoms. The lowest BCUT2D eigenvalue weighted by molar-refractivity contribution is 0.0697. The molecule has 106 valence electrons. The predicted molar refractivity (Wildman–Crippen MR) is 75.8 cm³/mol. The Hall–Kier alpha value is -1.87. The summed E-state index contributed by atoms with van der Waals surface area (Å²) in [5.41, 5.74) is 5.72. The van der Waals surface area contributed by atoms with Crippen molar-refractivity contribution < 1.29 is 14.7 Å². The zero-order valence-corrected chi connectivity index (χ0v) is 12.0. The molecule has 1 aliphatic rings. The third kappa shape index (κ3) is 2.54. The summed E-state index contributed by atoms with van der Waals surface area (Å²) in [5.74, 6) is -0.733. The fourth-order valence-corrected chi connectivity index (χ4v) is 3.46. The largest absolute Gasteiger partial charge is 0.478 e. The smallest absolute Gasteiger partial charge is 0.338 e. The Morgan fingerprint density at radius 1 is 1.65 bits per heavy atom. The van der Waals surface area contributed by atoms with Crippen LogP contribution in [0, 0.1) is 22.7 Å². The SMILES string of the molecule is CC(C#N)(CCc1c(C=O)sc(N)c1C(=O)O)C1CC1. The molecule has 0 bridgehead atoms. The molecule has 0 saturated heterocycles. The van der Waals surface area contributed by atoms with E-state index in [0.717, 1.165) is 24.2 Å². The van der Waals surface area contributed by atoms with Crippen molar-refractivity contribution in [1.29, 1.82) is 5.26 Å². The van der Waals surface area contributed by atoms with Gasteiger partial charge in [-0.2, -0.15) is 5.26 Å². The molecule has 2 rings (SSSR count). The highest BCUT2D eigenvalue weighted by molar-refractivity contribution is 7.18. The second-order valence-corrected chi connectivity index (χ2v) is 6.49. The van der Waals surface area contributed by atoms with Crippen molar-refractivity contribution in [2.24, 2.45) is 11.3 Å². The number of carboxylic acid groups (broad SMARTS) is 1. The summed E-state index contributed by atoms with van der Waals surface area (Å²) >= 11 is 0.997. The Labute approximate surface area is 121 Å². The number of nitriles is 1. The first kappa shape index (κ1) is 14.5. The van der Waals surface area contributed by atoms with Gasteiger partial charge in [-0.3, -0.25) is 4.79 Å². The molecule has 0 amide bonds. The van der Waals surface area contributed by atoms with Gasteiger partial charge < -0.3 is 10.8 Å². The molecular formula is C14H16N2O3S. The molecule has 1 aromatic rings. The van der Waals surface area contributed by atoms with E-state index in [-0.39, 0.29) is 10.6 Å². The minimum Gasteiger partial charge on any atom is -0.478 e. The van der Waals surface area contributed by atoms with Crippen molar-refractivity contribution in [1.82, 2.24) is 0 Å². The fraction of sp³-hybridized carbons (Fsp3) is 0.500. The first-order valence-electron chi connectivity index (χ1n) is 6.43. The minimum absolute atomic E-state index is 0.0215. The van der Waals surface area contributed by atoms with Gasteiger partial charge in [-0.05, 0) is 44.1 Å². The zero-order valence-electron chi connectivity index (χ0n) is 11.2. The number of nitrogens with zero attached hydrogens (tertiary/aromatic N) is 1. The highest BCUT2D eigenvalue weighted by atomic mass is 32.1. The molecular weight excluding hydrogens is 276 g/mol. The number of hydrogen-bond acceptors (Lipinski definition) is 5. The van der Waals surface area contributed by atoms with Crippen LogP contribution in [0.1, 0.15) is 51.8 Å². The number of nitrogens with two attached hydrogens (primary N) is 1. The molecule has 6 heteroatoms. The maximum absolute atomic E-state index is 11.3. The van der Waals surface area contributed by atoms with Crippen LogP contribution >= 0.6 is 11.3 Å². The number of aldehydes is 1. The number of hydrogen-bond donors (Lipinski definition) is 2. The number of anilines is 1. The summed E-state index contributed by atoms with van der Waals surface area (Å²) in [4.78, 5) is 22.7. The third-order valence-corrected chi connectivity index (χ3v) is 5.00. The Morgan fingerprint density at radius 2 is 2.30 bits per heavy atom. The second kappa shape index (κ2) is 5.25. The second-order valence-electron chi connectivity index (χ2n) is 5.41. The number of aromatic carboxylic acids is 1. The summed E-state index contributed by atoms with van der Waals surface area (Å²) in [5, 5.41) is 18.7. The molecule has 0 radical (unpaired) electrons. The summed E-state index contributed by atoms with van der Waals surface area (Å²) in [6.45, 7) is 1.90. The quantitative estimate of drug-likeness (QED) is 0.784. The molecule has 0 spiro atoms. The van der Waals surface area contributed by atoms with Gasteiger partial charge in [0.25, 0.3) is 0 Å². The monoisotopic (exact) mass is 292 g/mol. The van der Waals surface area contributed by atoms with E-state index in [9.17, 15) is 20.0 Å². The van der Waals surface area contributed by atoms with E-state index < -0.39 is 11.4 Å². The lowest BCUT2D eigenvalue weighted by Gasteiger charge is -2.20. The average molecular weight is 292 g/mol. The Kier molecular flexibility index (Phi) is 3.82. The molecule has 1 aliphatic carbocycles. The van der Waals surface area contributed by atoms with Gasteiger partial charge in [0.1, 0.15) is 5.00 Å². The number of carbonyl (C=O) groups is 2. The van der Waals surface area contributed by atoms with E-state index in [1.165, 1.54) is 0 Å². The van der Waals surface area contributed by atoms with Crippen LogP contribution < -0.4 is 5.73 Å². The standard InChI is InChI=1S/C14H16N2O3S/c1-14(7-15,8-2-3-8)5-4-9-10(6-17)20-12(16)11(9)13(18)19/h6,8H,2-5,16H2,1H3,(H,18,19). The molecule has 1 saturated carbocycles. The summed E-state index contributed by atoms with van der Waals surface area (Å²) in [7, 11) is 0. The van der Waals surface area contributed by atoms with E-state index in [1.54, 1.807) is 0 Å². The highest BCUT2D eigenvalue weighted by Gasteiger charge is 2.41. The van der Waals surface area contributed by atoms with E-state index in [0.29, 0.717) is 35.5 Å². The topological polar surface area (TPSA) is 104 Å². The van der Waals surface area contributed by atoms with E-state index >= 15 is 0 Å². The summed E-state index contributed by atoms with van der Waals surface area (Å²) < 4.78 is 0. The number of thiophene rings is 1. The van der Waals surface area contributed by atoms with Crippen LogP contribution in [0.4, 0.5) is 5.00 Å². The normalized spacial score (nSPS) is 17.2. The fourth-order valence-electron chi connectivity index (χ4n) is 2.54. The molecule has 1 atom stereocenters. The van der Waals surface area contributed by atoms with Gasteiger partial charge in [-0.25, -0.2) is 4.79 Å². The Bertz CT molecular complexity index is 598. The number of carbonyl (C=O) groups excluding carboxylic acids is 1. The molecule has 1 aromatic heterocycles. The number of nitrogen functional groups attached to an aromatic ring is 1. The van der Waals surface area contributed by atoms with Crippen LogP contribution in [0.15, 0.2) is 0 Å². The van der Waals surface area contributed by atoms with E-state index in [2.05, 4.69) is 6.07 Å². The zero-order chi connectivity index (χ0) is 14.9. The third-order valence-electron chi connectivity index (χ3n) is 4.01. The summed E-state index contributed by atoms with van der Waals surface area (Å²) in [6, 6.07) is 2.34. The molecule has 0 aromatic carbocycles. The van der Waals surface area contributed by atoms with Gasteiger partial charge in [-0.15, -0.1) is 11.3 Å². The molecule has 1 fully saturated rings. The maximum atomic E-state index is 11.3. The molecule has 3 N–H and O–H groups in total. The van der Waals surface area contributed by atoms with Gasteiger partial charge in [0, 0.05) is 0 Å². The van der Waals surface area contributed by atoms with Gasteiger partial charge in [-0.1, -0.05) is 0 Å². The number of rotatable bonds is 6. The Balaban J connectivity index is 2.27.